The molecule has 7 aromatic carbocycles. The van der Waals surface area contributed by atoms with Crippen LogP contribution >= 0.6 is 11.3 Å². The van der Waals surface area contributed by atoms with Crippen LogP contribution in [0.5, 0.6) is 0 Å². The number of benzene rings is 7. The van der Waals surface area contributed by atoms with Crippen molar-refractivity contribution in [1.82, 2.24) is 19.1 Å². The van der Waals surface area contributed by atoms with Crippen LogP contribution < -0.4 is 0 Å². The Bertz CT molecular complexity index is 2920. The number of fused-ring (bicyclic) bond motifs is 9. The average molecular weight is 669 g/mol. The zero-order valence-electron chi connectivity index (χ0n) is 27.4. The molecule has 0 aliphatic heterocycles. The van der Waals surface area contributed by atoms with Crippen LogP contribution in [-0.2, 0) is 0 Å². The van der Waals surface area contributed by atoms with Crippen molar-refractivity contribution in [3.63, 3.8) is 0 Å². The van der Waals surface area contributed by atoms with Crippen molar-refractivity contribution < 1.29 is 0 Å². The lowest BCUT2D eigenvalue weighted by Gasteiger charge is -2.08. The molecule has 4 heterocycles. The van der Waals surface area contributed by atoms with Gasteiger partial charge in [-0.25, -0.2) is 9.97 Å². The second-order valence-electron chi connectivity index (χ2n) is 13.1. The van der Waals surface area contributed by atoms with Gasteiger partial charge in [-0.05, 0) is 83.9 Å². The molecule has 238 valence electrons. The Morgan fingerprint density at radius 3 is 1.53 bits per heavy atom. The van der Waals surface area contributed by atoms with Crippen LogP contribution in [0.25, 0.3) is 97.8 Å². The third kappa shape index (κ3) is 4.32. The van der Waals surface area contributed by atoms with Gasteiger partial charge < -0.3 is 9.13 Å². The van der Waals surface area contributed by atoms with E-state index in [0.717, 1.165) is 38.4 Å². The maximum Gasteiger partial charge on any atom is 0.143 e. The lowest BCUT2D eigenvalue weighted by molar-refractivity contribution is 1.18. The Morgan fingerprint density at radius 1 is 0.412 bits per heavy atom. The number of hydrogen-bond donors (Lipinski definition) is 0. The first kappa shape index (κ1) is 28.3. The highest BCUT2D eigenvalue weighted by molar-refractivity contribution is 7.25. The maximum absolute atomic E-state index is 5.29. The molecule has 4 aromatic heterocycles. The summed E-state index contributed by atoms with van der Waals surface area (Å²) in [4.78, 5) is 11.2. The highest BCUT2D eigenvalue weighted by Crippen LogP contribution is 2.39. The van der Waals surface area contributed by atoms with Crippen LogP contribution in [-0.4, -0.2) is 19.1 Å². The van der Waals surface area contributed by atoms with Gasteiger partial charge in [-0.3, -0.25) is 0 Å². The fourth-order valence-electron chi connectivity index (χ4n) is 7.85. The fraction of sp³-hybridized carbons (Fsp3) is 0. The van der Waals surface area contributed by atoms with Crippen molar-refractivity contribution >= 4 is 75.4 Å². The fourth-order valence-corrected chi connectivity index (χ4v) is 8.82. The first-order chi connectivity index (χ1) is 25.3. The molecule has 0 radical (unpaired) electrons. The van der Waals surface area contributed by atoms with E-state index in [9.17, 15) is 0 Å². The van der Waals surface area contributed by atoms with Gasteiger partial charge in [0.15, 0.2) is 0 Å². The number of nitrogens with zero attached hydrogens (tertiary/aromatic N) is 4. The summed E-state index contributed by atoms with van der Waals surface area (Å²) in [5.74, 6) is 0. The summed E-state index contributed by atoms with van der Waals surface area (Å²) in [6.07, 6.45) is 1.92. The standard InChI is InChI=1S/C46H28N4S/c1-3-11-32(12-4-1)49-40-17-9-7-15-34(40)36-25-29(19-22-42(36)49)30-21-24-44-38(26-30)45-46(51-44)47-28-39(48-45)31-20-23-43-37(27-31)35-16-8-10-18-41(35)50(43)33-13-5-2-6-14-33/h1-28H. The molecule has 11 aromatic rings. The van der Waals surface area contributed by atoms with Gasteiger partial charge in [0.2, 0.25) is 0 Å². The molecule has 5 heteroatoms. The normalized spacial score (nSPS) is 11.9. The molecule has 0 saturated carbocycles. The minimum atomic E-state index is 0.876. The van der Waals surface area contributed by atoms with Crippen molar-refractivity contribution in [3.8, 4) is 33.8 Å². The highest BCUT2D eigenvalue weighted by Gasteiger charge is 2.17. The first-order valence-electron chi connectivity index (χ1n) is 17.2. The molecule has 0 amide bonds. The first-order valence-corrected chi connectivity index (χ1v) is 18.0. The third-order valence-electron chi connectivity index (χ3n) is 10.2. The summed E-state index contributed by atoms with van der Waals surface area (Å²) in [5.41, 5.74) is 12.3. The van der Waals surface area contributed by atoms with E-state index < -0.39 is 0 Å². The van der Waals surface area contributed by atoms with Crippen LogP contribution in [0.2, 0.25) is 0 Å². The zero-order valence-corrected chi connectivity index (χ0v) is 28.2. The van der Waals surface area contributed by atoms with Gasteiger partial charge in [0.25, 0.3) is 0 Å². The van der Waals surface area contributed by atoms with Gasteiger partial charge in [0, 0.05) is 48.6 Å². The number of rotatable bonds is 4. The van der Waals surface area contributed by atoms with E-state index in [4.69, 9.17) is 9.97 Å². The largest absolute Gasteiger partial charge is 0.309 e. The summed E-state index contributed by atoms with van der Waals surface area (Å²) in [5, 5.41) is 6.06. The third-order valence-corrected chi connectivity index (χ3v) is 11.3. The smallest absolute Gasteiger partial charge is 0.143 e. The predicted molar refractivity (Wildman–Crippen MR) is 214 cm³/mol. The van der Waals surface area contributed by atoms with Gasteiger partial charge in [0.1, 0.15) is 10.3 Å². The van der Waals surface area contributed by atoms with E-state index in [-0.39, 0.29) is 0 Å². The van der Waals surface area contributed by atoms with Crippen molar-refractivity contribution in [2.45, 2.75) is 0 Å². The summed E-state index contributed by atoms with van der Waals surface area (Å²) < 4.78 is 5.89. The van der Waals surface area contributed by atoms with E-state index in [1.165, 1.54) is 59.4 Å². The maximum atomic E-state index is 5.29. The molecule has 0 saturated heterocycles. The summed E-state index contributed by atoms with van der Waals surface area (Å²) >= 11 is 1.70. The quantitative estimate of drug-likeness (QED) is 0.187. The molecular weight excluding hydrogens is 641 g/mol. The zero-order chi connectivity index (χ0) is 33.5. The Hall–Kier alpha value is -6.56. The molecule has 0 unspecified atom stereocenters. The summed E-state index contributed by atoms with van der Waals surface area (Å²) in [6, 6.07) is 58.7. The molecule has 0 atom stereocenters. The molecule has 0 N–H and O–H groups in total. The Labute approximate surface area is 297 Å². The van der Waals surface area contributed by atoms with E-state index >= 15 is 0 Å². The molecule has 0 aliphatic carbocycles. The average Bonchev–Trinajstić information content (AvgIpc) is 3.85. The van der Waals surface area contributed by atoms with Crippen LogP contribution in [0, 0.1) is 0 Å². The molecule has 51 heavy (non-hydrogen) atoms. The Morgan fingerprint density at radius 2 is 0.902 bits per heavy atom. The molecule has 0 bridgehead atoms. The summed E-state index contributed by atoms with van der Waals surface area (Å²) in [7, 11) is 0. The summed E-state index contributed by atoms with van der Waals surface area (Å²) in [6.45, 7) is 0. The van der Waals surface area contributed by atoms with Crippen molar-refractivity contribution in [2.75, 3.05) is 0 Å². The van der Waals surface area contributed by atoms with Crippen molar-refractivity contribution in [1.29, 1.82) is 0 Å². The lowest BCUT2D eigenvalue weighted by atomic mass is 10.0. The molecule has 0 fully saturated rings. The van der Waals surface area contributed by atoms with E-state index in [2.05, 4.69) is 173 Å². The van der Waals surface area contributed by atoms with Gasteiger partial charge in [-0.2, -0.15) is 0 Å². The predicted octanol–water partition coefficient (Wildman–Crippen LogP) is 12.4. The number of thiophene rings is 1. The van der Waals surface area contributed by atoms with E-state index in [0.29, 0.717) is 0 Å². The second kappa shape index (κ2) is 11.0. The van der Waals surface area contributed by atoms with Gasteiger partial charge in [-0.15, -0.1) is 11.3 Å². The molecule has 0 aliphatic rings. The van der Waals surface area contributed by atoms with Gasteiger partial charge in [0.05, 0.1) is 34.0 Å². The SMILES string of the molecule is c1ccc(-n2c3ccccc3c3cc(-c4ccc5sc6ncc(-c7ccc8c(c7)c7ccccc7n8-c7ccccc7)nc6c5c4)ccc32)cc1. The molecule has 0 spiro atoms. The van der Waals surface area contributed by atoms with E-state index in [1.54, 1.807) is 11.3 Å². The number of aromatic nitrogens is 4. The number of hydrogen-bond acceptors (Lipinski definition) is 3. The molecule has 4 nitrogen and oxygen atoms in total. The monoisotopic (exact) mass is 668 g/mol. The van der Waals surface area contributed by atoms with Crippen LogP contribution in [0.15, 0.2) is 170 Å². The molecular formula is C46H28N4S. The Kier molecular flexibility index (Phi) is 6.09. The minimum Gasteiger partial charge on any atom is -0.309 e. The minimum absolute atomic E-state index is 0.876. The second-order valence-corrected chi connectivity index (χ2v) is 14.1. The lowest BCUT2D eigenvalue weighted by Crippen LogP contribution is -1.93. The van der Waals surface area contributed by atoms with Crippen LogP contribution in [0.1, 0.15) is 0 Å². The number of para-hydroxylation sites is 4. The Balaban J connectivity index is 1.04. The topological polar surface area (TPSA) is 35.6 Å². The van der Waals surface area contributed by atoms with Crippen molar-refractivity contribution in [2.24, 2.45) is 0 Å². The highest BCUT2D eigenvalue weighted by atomic mass is 32.1. The van der Waals surface area contributed by atoms with Crippen LogP contribution in [0.4, 0.5) is 0 Å². The van der Waals surface area contributed by atoms with Crippen LogP contribution in [0.3, 0.4) is 0 Å². The van der Waals surface area contributed by atoms with Gasteiger partial charge in [-0.1, -0.05) is 91.0 Å². The van der Waals surface area contributed by atoms with Gasteiger partial charge >= 0.3 is 0 Å². The van der Waals surface area contributed by atoms with E-state index in [1.807, 2.05) is 6.20 Å². The van der Waals surface area contributed by atoms with Crippen molar-refractivity contribution in [3.05, 3.63) is 170 Å². The molecule has 11 rings (SSSR count).